The highest BCUT2D eigenvalue weighted by Gasteiger charge is 2.24. The predicted molar refractivity (Wildman–Crippen MR) is 107 cm³/mol. The Balaban J connectivity index is 1.74. The van der Waals surface area contributed by atoms with E-state index in [9.17, 15) is 4.79 Å². The maximum atomic E-state index is 12.6. The van der Waals surface area contributed by atoms with Crippen molar-refractivity contribution >= 4 is 23.1 Å². The molecule has 1 saturated heterocycles. The Morgan fingerprint density at radius 2 is 2.00 bits per heavy atom. The first-order valence-electron chi connectivity index (χ1n) is 9.36. The lowest BCUT2D eigenvalue weighted by molar-refractivity contribution is -0.130. The van der Waals surface area contributed by atoms with Crippen molar-refractivity contribution in [3.8, 4) is 0 Å². The van der Waals surface area contributed by atoms with Crippen LogP contribution in [0, 0.1) is 13.8 Å². The first-order chi connectivity index (χ1) is 12.5. The van der Waals surface area contributed by atoms with Gasteiger partial charge in [0.1, 0.15) is 11.6 Å². The van der Waals surface area contributed by atoms with Crippen molar-refractivity contribution < 1.29 is 4.79 Å². The lowest BCUT2D eigenvalue weighted by Gasteiger charge is -2.27. The molecule has 2 aromatic heterocycles. The third-order valence-corrected chi connectivity index (χ3v) is 5.74. The van der Waals surface area contributed by atoms with Crippen molar-refractivity contribution in [2.45, 2.75) is 46.5 Å². The van der Waals surface area contributed by atoms with E-state index in [1.807, 2.05) is 29.3 Å². The van der Waals surface area contributed by atoms with Gasteiger partial charge in [0, 0.05) is 42.3 Å². The smallest absolute Gasteiger partial charge is 0.227 e. The number of rotatable bonds is 4. The largest absolute Gasteiger partial charge is 0.354 e. The summed E-state index contributed by atoms with van der Waals surface area (Å²) >= 11 is 1.65. The number of hydrogen-bond donors (Lipinski definition) is 0. The highest BCUT2D eigenvalue weighted by Crippen LogP contribution is 2.29. The quantitative estimate of drug-likeness (QED) is 0.823. The lowest BCUT2D eigenvalue weighted by Crippen LogP contribution is -2.36. The van der Waals surface area contributed by atoms with Crippen LogP contribution >= 0.6 is 11.3 Å². The zero-order chi connectivity index (χ0) is 18.7. The van der Waals surface area contributed by atoms with Crippen molar-refractivity contribution in [1.82, 2.24) is 14.9 Å². The van der Waals surface area contributed by atoms with Gasteiger partial charge in [0.15, 0.2) is 0 Å². The molecule has 0 aromatic carbocycles. The van der Waals surface area contributed by atoms with E-state index < -0.39 is 0 Å². The average molecular weight is 373 g/mol. The van der Waals surface area contributed by atoms with E-state index >= 15 is 0 Å². The van der Waals surface area contributed by atoms with Crippen molar-refractivity contribution in [2.75, 3.05) is 31.1 Å². The molecule has 1 aliphatic heterocycles. The fourth-order valence-corrected chi connectivity index (χ4v) is 4.37. The van der Waals surface area contributed by atoms with E-state index in [1.54, 1.807) is 11.3 Å². The molecule has 0 radical (unpaired) electrons. The van der Waals surface area contributed by atoms with Crippen LogP contribution in [0.15, 0.2) is 17.5 Å². The normalized spacial score (nSPS) is 15.4. The minimum atomic E-state index is 0.230. The van der Waals surface area contributed by atoms with Crippen molar-refractivity contribution in [3.63, 3.8) is 0 Å². The third kappa shape index (κ3) is 4.23. The Hall–Kier alpha value is -1.95. The van der Waals surface area contributed by atoms with E-state index in [0.717, 1.165) is 54.8 Å². The number of carbonyl (C=O) groups excluding carboxylic acids is 1. The molecule has 0 spiro atoms. The lowest BCUT2D eigenvalue weighted by atomic mass is 10.0. The van der Waals surface area contributed by atoms with Gasteiger partial charge in [0.05, 0.1) is 6.42 Å². The van der Waals surface area contributed by atoms with E-state index in [-0.39, 0.29) is 5.91 Å². The highest BCUT2D eigenvalue weighted by molar-refractivity contribution is 7.10. The van der Waals surface area contributed by atoms with E-state index in [0.29, 0.717) is 12.3 Å². The number of aryl methyl sites for hydroxylation is 2. The molecule has 1 fully saturated rings. The SMILES string of the molecule is Cc1nc(C)c(C(C)C)c(N2CCCN(C(=O)Cc3cccs3)CC2)n1. The summed E-state index contributed by atoms with van der Waals surface area (Å²) in [6.45, 7) is 11.7. The fraction of sp³-hybridized carbons (Fsp3) is 0.550. The Morgan fingerprint density at radius 1 is 1.19 bits per heavy atom. The van der Waals surface area contributed by atoms with Crippen molar-refractivity contribution in [2.24, 2.45) is 0 Å². The molecule has 3 rings (SSSR count). The molecule has 0 saturated carbocycles. The van der Waals surface area contributed by atoms with Gasteiger partial charge in [-0.2, -0.15) is 0 Å². The minimum Gasteiger partial charge on any atom is -0.354 e. The zero-order valence-electron chi connectivity index (χ0n) is 16.2. The molecule has 5 nitrogen and oxygen atoms in total. The molecule has 3 heterocycles. The molecule has 0 aliphatic carbocycles. The second kappa shape index (κ2) is 8.16. The predicted octanol–water partition coefficient (Wildman–Crippen LogP) is 3.56. The standard InChI is InChI=1S/C20H28N4OS/c1-14(2)19-15(3)21-16(4)22-20(19)24-9-6-8-23(10-11-24)18(25)13-17-7-5-12-26-17/h5,7,12,14H,6,8-11,13H2,1-4H3. The van der Waals surface area contributed by atoms with Crippen LogP contribution in [0.5, 0.6) is 0 Å². The molecule has 6 heteroatoms. The first-order valence-corrected chi connectivity index (χ1v) is 10.2. The number of anilines is 1. The Labute approximate surface area is 160 Å². The van der Waals surface area contributed by atoms with Gasteiger partial charge in [-0.1, -0.05) is 19.9 Å². The molecule has 0 unspecified atom stereocenters. The summed E-state index contributed by atoms with van der Waals surface area (Å²) in [5.74, 6) is 2.48. The second-order valence-electron chi connectivity index (χ2n) is 7.23. The van der Waals surface area contributed by atoms with Gasteiger partial charge in [-0.25, -0.2) is 9.97 Å². The molecule has 0 N–H and O–H groups in total. The number of hydrogen-bond acceptors (Lipinski definition) is 5. The molecule has 1 amide bonds. The molecule has 2 aromatic rings. The summed E-state index contributed by atoms with van der Waals surface area (Å²) in [5, 5.41) is 2.03. The number of aromatic nitrogens is 2. The zero-order valence-corrected chi connectivity index (χ0v) is 17.0. The summed E-state index contributed by atoms with van der Waals surface area (Å²) in [7, 11) is 0. The van der Waals surface area contributed by atoms with Crippen molar-refractivity contribution in [1.29, 1.82) is 0 Å². The number of thiophene rings is 1. The monoisotopic (exact) mass is 372 g/mol. The number of amides is 1. The van der Waals surface area contributed by atoms with Gasteiger partial charge in [-0.15, -0.1) is 11.3 Å². The topological polar surface area (TPSA) is 49.3 Å². The van der Waals surface area contributed by atoms with Crippen LogP contribution in [0.25, 0.3) is 0 Å². The van der Waals surface area contributed by atoms with Crippen LogP contribution in [-0.2, 0) is 11.2 Å². The van der Waals surface area contributed by atoms with Gasteiger partial charge in [-0.3, -0.25) is 4.79 Å². The maximum absolute atomic E-state index is 12.6. The van der Waals surface area contributed by atoms with Gasteiger partial charge in [-0.05, 0) is 37.6 Å². The highest BCUT2D eigenvalue weighted by atomic mass is 32.1. The Kier molecular flexibility index (Phi) is 5.91. The van der Waals surface area contributed by atoms with Crippen LogP contribution in [0.2, 0.25) is 0 Å². The number of nitrogens with zero attached hydrogens (tertiary/aromatic N) is 4. The van der Waals surface area contributed by atoms with Crippen LogP contribution in [0.1, 0.15) is 48.1 Å². The molecule has 0 atom stereocenters. The van der Waals surface area contributed by atoms with Crippen LogP contribution in [0.4, 0.5) is 5.82 Å². The summed E-state index contributed by atoms with van der Waals surface area (Å²) < 4.78 is 0. The van der Waals surface area contributed by atoms with Crippen LogP contribution < -0.4 is 4.90 Å². The fourth-order valence-electron chi connectivity index (χ4n) is 3.67. The Bertz CT molecular complexity index is 757. The molecular formula is C20H28N4OS. The molecule has 26 heavy (non-hydrogen) atoms. The Morgan fingerprint density at radius 3 is 2.69 bits per heavy atom. The molecule has 140 valence electrons. The van der Waals surface area contributed by atoms with Crippen LogP contribution in [-0.4, -0.2) is 47.0 Å². The maximum Gasteiger partial charge on any atom is 0.227 e. The summed E-state index contributed by atoms with van der Waals surface area (Å²) in [4.78, 5) is 27.4. The molecule has 0 bridgehead atoms. The van der Waals surface area contributed by atoms with Crippen LogP contribution in [0.3, 0.4) is 0 Å². The third-order valence-electron chi connectivity index (χ3n) is 4.86. The van der Waals surface area contributed by atoms with E-state index in [4.69, 9.17) is 4.98 Å². The second-order valence-corrected chi connectivity index (χ2v) is 8.26. The summed E-state index contributed by atoms with van der Waals surface area (Å²) in [6, 6.07) is 4.04. The first kappa shape index (κ1) is 18.8. The van der Waals surface area contributed by atoms with Gasteiger partial charge in [0.25, 0.3) is 0 Å². The van der Waals surface area contributed by atoms with Gasteiger partial charge >= 0.3 is 0 Å². The number of carbonyl (C=O) groups is 1. The van der Waals surface area contributed by atoms with E-state index in [2.05, 4.69) is 30.7 Å². The summed E-state index contributed by atoms with van der Waals surface area (Å²) in [5.41, 5.74) is 2.30. The molecular weight excluding hydrogens is 344 g/mol. The van der Waals surface area contributed by atoms with E-state index in [1.165, 1.54) is 5.56 Å². The van der Waals surface area contributed by atoms with Gasteiger partial charge < -0.3 is 9.80 Å². The molecule has 1 aliphatic rings. The van der Waals surface area contributed by atoms with Gasteiger partial charge in [0.2, 0.25) is 5.91 Å². The van der Waals surface area contributed by atoms with Crippen molar-refractivity contribution in [3.05, 3.63) is 39.5 Å². The summed E-state index contributed by atoms with van der Waals surface area (Å²) in [6.07, 6.45) is 1.48. The average Bonchev–Trinajstić information content (AvgIpc) is 2.94. The minimum absolute atomic E-state index is 0.230.